The van der Waals surface area contributed by atoms with E-state index in [1.807, 2.05) is 4.90 Å². The number of carbonyl (C=O) groups excluding carboxylic acids is 1. The molecule has 0 aromatic carbocycles. The SMILES string of the molecule is CC(=O)N1CCC(N(C)Cc2csc(C(C)C)n2)CC1. The highest BCUT2D eigenvalue weighted by molar-refractivity contribution is 7.09. The summed E-state index contributed by atoms with van der Waals surface area (Å²) in [5.41, 5.74) is 1.18. The number of hydrogen-bond donors (Lipinski definition) is 0. The van der Waals surface area contributed by atoms with Gasteiger partial charge in [0.1, 0.15) is 0 Å². The summed E-state index contributed by atoms with van der Waals surface area (Å²) in [5.74, 6) is 0.713. The van der Waals surface area contributed by atoms with E-state index >= 15 is 0 Å². The summed E-state index contributed by atoms with van der Waals surface area (Å²) in [5, 5.41) is 3.40. The normalized spacial score (nSPS) is 17.2. The molecule has 20 heavy (non-hydrogen) atoms. The fourth-order valence-electron chi connectivity index (χ4n) is 2.67. The third kappa shape index (κ3) is 3.79. The molecule has 1 aromatic heterocycles. The second kappa shape index (κ2) is 6.68. The molecule has 0 radical (unpaired) electrons. The van der Waals surface area contributed by atoms with E-state index < -0.39 is 0 Å². The topological polar surface area (TPSA) is 36.4 Å². The van der Waals surface area contributed by atoms with Gasteiger partial charge >= 0.3 is 0 Å². The Morgan fingerprint density at radius 3 is 2.65 bits per heavy atom. The van der Waals surface area contributed by atoms with Crippen molar-refractivity contribution in [1.29, 1.82) is 0 Å². The van der Waals surface area contributed by atoms with Gasteiger partial charge in [0.25, 0.3) is 0 Å². The zero-order valence-electron chi connectivity index (χ0n) is 12.9. The third-order valence-electron chi connectivity index (χ3n) is 4.01. The Kier molecular flexibility index (Phi) is 5.16. The van der Waals surface area contributed by atoms with Gasteiger partial charge in [0.05, 0.1) is 10.7 Å². The van der Waals surface area contributed by atoms with E-state index in [4.69, 9.17) is 4.98 Å². The molecule has 0 N–H and O–H groups in total. The molecule has 0 aliphatic carbocycles. The van der Waals surface area contributed by atoms with Gasteiger partial charge in [0.15, 0.2) is 0 Å². The largest absolute Gasteiger partial charge is 0.343 e. The summed E-state index contributed by atoms with van der Waals surface area (Å²) in [6.07, 6.45) is 2.13. The van der Waals surface area contributed by atoms with E-state index in [9.17, 15) is 4.79 Å². The van der Waals surface area contributed by atoms with Gasteiger partial charge in [-0.1, -0.05) is 13.8 Å². The maximum Gasteiger partial charge on any atom is 0.219 e. The van der Waals surface area contributed by atoms with Crippen molar-refractivity contribution >= 4 is 17.2 Å². The molecular weight excluding hydrogens is 270 g/mol. The summed E-state index contributed by atoms with van der Waals surface area (Å²) < 4.78 is 0. The zero-order valence-corrected chi connectivity index (χ0v) is 13.7. The van der Waals surface area contributed by atoms with Gasteiger partial charge in [-0.05, 0) is 19.9 Å². The first-order chi connectivity index (χ1) is 9.47. The highest BCUT2D eigenvalue weighted by Gasteiger charge is 2.24. The first-order valence-corrected chi connectivity index (χ1v) is 8.25. The van der Waals surface area contributed by atoms with Gasteiger partial charge < -0.3 is 4.90 Å². The molecule has 4 nitrogen and oxygen atoms in total. The van der Waals surface area contributed by atoms with Crippen molar-refractivity contribution in [2.24, 2.45) is 0 Å². The van der Waals surface area contributed by atoms with E-state index in [0.29, 0.717) is 12.0 Å². The molecule has 0 atom stereocenters. The summed E-state index contributed by atoms with van der Waals surface area (Å²) in [7, 11) is 2.17. The minimum atomic E-state index is 0.201. The molecule has 0 spiro atoms. The van der Waals surface area contributed by atoms with Crippen LogP contribution in [0.15, 0.2) is 5.38 Å². The number of thiazole rings is 1. The third-order valence-corrected chi connectivity index (χ3v) is 5.20. The van der Waals surface area contributed by atoms with E-state index in [1.165, 1.54) is 10.7 Å². The van der Waals surface area contributed by atoms with Gasteiger partial charge in [-0.15, -0.1) is 11.3 Å². The van der Waals surface area contributed by atoms with E-state index in [0.717, 1.165) is 32.5 Å². The molecule has 2 rings (SSSR count). The minimum absolute atomic E-state index is 0.201. The number of hydrogen-bond acceptors (Lipinski definition) is 4. The van der Waals surface area contributed by atoms with Gasteiger partial charge in [-0.3, -0.25) is 9.69 Å². The molecule has 1 aliphatic heterocycles. The highest BCUT2D eigenvalue weighted by atomic mass is 32.1. The van der Waals surface area contributed by atoms with Crippen LogP contribution in [0.2, 0.25) is 0 Å². The van der Waals surface area contributed by atoms with Crippen LogP contribution in [0.3, 0.4) is 0 Å². The molecule has 1 saturated heterocycles. The van der Waals surface area contributed by atoms with Crippen LogP contribution < -0.4 is 0 Å². The van der Waals surface area contributed by atoms with Crippen LogP contribution in [-0.2, 0) is 11.3 Å². The average Bonchev–Trinajstić information content (AvgIpc) is 2.87. The van der Waals surface area contributed by atoms with Gasteiger partial charge in [-0.25, -0.2) is 4.98 Å². The summed E-state index contributed by atoms with van der Waals surface area (Å²) in [4.78, 5) is 20.4. The van der Waals surface area contributed by atoms with Crippen LogP contribution in [0.5, 0.6) is 0 Å². The second-order valence-corrected chi connectivity index (χ2v) is 6.87. The molecule has 0 unspecified atom stereocenters. The molecule has 1 amide bonds. The zero-order chi connectivity index (χ0) is 14.7. The predicted molar refractivity (Wildman–Crippen MR) is 82.9 cm³/mol. The van der Waals surface area contributed by atoms with Crippen molar-refractivity contribution in [2.75, 3.05) is 20.1 Å². The van der Waals surface area contributed by atoms with Crippen LogP contribution >= 0.6 is 11.3 Å². The number of likely N-dealkylation sites (tertiary alicyclic amines) is 1. The van der Waals surface area contributed by atoms with E-state index in [1.54, 1.807) is 18.3 Å². The van der Waals surface area contributed by atoms with Crippen molar-refractivity contribution < 1.29 is 4.79 Å². The van der Waals surface area contributed by atoms with E-state index in [2.05, 4.69) is 31.2 Å². The fourth-order valence-corrected chi connectivity index (χ4v) is 3.49. The number of amides is 1. The number of carbonyl (C=O) groups is 1. The Morgan fingerprint density at radius 2 is 2.15 bits per heavy atom. The lowest BCUT2D eigenvalue weighted by Crippen LogP contribution is -2.44. The monoisotopic (exact) mass is 295 g/mol. The molecule has 2 heterocycles. The fraction of sp³-hybridized carbons (Fsp3) is 0.733. The minimum Gasteiger partial charge on any atom is -0.343 e. The standard InChI is InChI=1S/C15H25N3OS/c1-11(2)15-16-13(10-20-15)9-17(4)14-5-7-18(8-6-14)12(3)19/h10-11,14H,5-9H2,1-4H3. The molecule has 5 heteroatoms. The van der Waals surface area contributed by atoms with Gasteiger partial charge in [0, 0.05) is 43.9 Å². The first-order valence-electron chi connectivity index (χ1n) is 7.37. The van der Waals surface area contributed by atoms with Crippen molar-refractivity contribution in [1.82, 2.24) is 14.8 Å². The molecule has 1 aliphatic rings. The van der Waals surface area contributed by atoms with Crippen LogP contribution in [0.25, 0.3) is 0 Å². The lowest BCUT2D eigenvalue weighted by molar-refractivity contribution is -0.130. The Morgan fingerprint density at radius 1 is 1.50 bits per heavy atom. The second-order valence-electron chi connectivity index (χ2n) is 5.98. The highest BCUT2D eigenvalue weighted by Crippen LogP contribution is 2.22. The van der Waals surface area contributed by atoms with Gasteiger partial charge in [-0.2, -0.15) is 0 Å². The smallest absolute Gasteiger partial charge is 0.219 e. The maximum atomic E-state index is 11.3. The molecule has 1 fully saturated rings. The van der Waals surface area contributed by atoms with Crippen molar-refractivity contribution in [2.45, 2.75) is 52.1 Å². The lowest BCUT2D eigenvalue weighted by atomic mass is 10.0. The van der Waals surface area contributed by atoms with Crippen LogP contribution in [0.1, 0.15) is 50.2 Å². The molecular formula is C15H25N3OS. The van der Waals surface area contributed by atoms with Crippen LogP contribution in [0.4, 0.5) is 0 Å². The van der Waals surface area contributed by atoms with Crippen LogP contribution in [-0.4, -0.2) is 46.9 Å². The number of aromatic nitrogens is 1. The summed E-state index contributed by atoms with van der Waals surface area (Å²) in [6, 6.07) is 0.565. The average molecular weight is 295 g/mol. The Balaban J connectivity index is 1.86. The van der Waals surface area contributed by atoms with Crippen molar-refractivity contribution in [3.63, 3.8) is 0 Å². The van der Waals surface area contributed by atoms with Crippen molar-refractivity contribution in [3.8, 4) is 0 Å². The quantitative estimate of drug-likeness (QED) is 0.857. The van der Waals surface area contributed by atoms with Crippen molar-refractivity contribution in [3.05, 3.63) is 16.1 Å². The van der Waals surface area contributed by atoms with E-state index in [-0.39, 0.29) is 5.91 Å². The summed E-state index contributed by atoms with van der Waals surface area (Å²) in [6.45, 7) is 8.71. The van der Waals surface area contributed by atoms with Gasteiger partial charge in [0.2, 0.25) is 5.91 Å². The number of rotatable bonds is 4. The summed E-state index contributed by atoms with van der Waals surface area (Å²) >= 11 is 1.76. The molecule has 0 saturated carbocycles. The molecule has 112 valence electrons. The molecule has 1 aromatic rings. The lowest BCUT2D eigenvalue weighted by Gasteiger charge is -2.36. The number of nitrogens with zero attached hydrogens (tertiary/aromatic N) is 3. The van der Waals surface area contributed by atoms with Crippen LogP contribution in [0, 0.1) is 0 Å². The molecule has 0 bridgehead atoms. The Bertz CT molecular complexity index is 450. The maximum absolute atomic E-state index is 11.3. The Labute approximate surface area is 125 Å². The Hall–Kier alpha value is -0.940. The first kappa shape index (κ1) is 15.4. The number of piperidine rings is 1. The predicted octanol–water partition coefficient (Wildman–Crippen LogP) is 2.71.